The van der Waals surface area contributed by atoms with Gasteiger partial charge in [0.05, 0.1) is 15.5 Å². The molecule has 8 heteroatoms. The van der Waals surface area contributed by atoms with E-state index in [2.05, 4.69) is 6.92 Å². The topological polar surface area (TPSA) is 89.8 Å². The second kappa shape index (κ2) is 7.41. The van der Waals surface area contributed by atoms with E-state index in [1.807, 2.05) is 0 Å². The number of ether oxygens (including phenoxy) is 1. The molecule has 1 aliphatic heterocycles. The Hall–Kier alpha value is -2.15. The number of piperidine rings is 1. The highest BCUT2D eigenvalue weighted by Gasteiger charge is 2.23. The van der Waals surface area contributed by atoms with E-state index in [9.17, 15) is 19.7 Å². The van der Waals surface area contributed by atoms with Gasteiger partial charge in [-0.05, 0) is 24.8 Å². The number of esters is 1. The van der Waals surface area contributed by atoms with Crippen molar-refractivity contribution < 1.29 is 19.2 Å². The maximum absolute atomic E-state index is 12.0. The molecule has 1 amide bonds. The zero-order valence-electron chi connectivity index (χ0n) is 12.7. The van der Waals surface area contributed by atoms with Crippen molar-refractivity contribution in [2.75, 3.05) is 19.7 Å². The molecule has 0 radical (unpaired) electrons. The summed E-state index contributed by atoms with van der Waals surface area (Å²) in [5.41, 5.74) is -0.390. The Labute approximate surface area is 138 Å². The number of halogens is 1. The van der Waals surface area contributed by atoms with Crippen LogP contribution in [0, 0.1) is 16.0 Å². The Morgan fingerprint density at radius 2 is 2.04 bits per heavy atom. The van der Waals surface area contributed by atoms with Crippen molar-refractivity contribution in [3.63, 3.8) is 0 Å². The summed E-state index contributed by atoms with van der Waals surface area (Å²) in [4.78, 5) is 35.7. The first kappa shape index (κ1) is 17.2. The normalized spacial score (nSPS) is 15.3. The standard InChI is InChI=1S/C15H17ClN2O5/c1-10-4-6-17(7-5-10)14(19)9-23-15(20)12-8-11(18(21)22)2-3-13(12)16/h2-3,8,10H,4-7,9H2,1H3. The Bertz CT molecular complexity index is 626. The summed E-state index contributed by atoms with van der Waals surface area (Å²) in [7, 11) is 0. The van der Waals surface area contributed by atoms with E-state index in [1.165, 1.54) is 12.1 Å². The van der Waals surface area contributed by atoms with E-state index in [-0.39, 0.29) is 22.2 Å². The number of amides is 1. The van der Waals surface area contributed by atoms with E-state index >= 15 is 0 Å². The van der Waals surface area contributed by atoms with Crippen LogP contribution in [0.4, 0.5) is 5.69 Å². The zero-order chi connectivity index (χ0) is 17.0. The molecule has 1 heterocycles. The van der Waals surface area contributed by atoms with Gasteiger partial charge in [0.15, 0.2) is 6.61 Å². The van der Waals surface area contributed by atoms with Crippen molar-refractivity contribution in [1.82, 2.24) is 4.90 Å². The van der Waals surface area contributed by atoms with E-state index in [0.717, 1.165) is 18.9 Å². The molecule has 7 nitrogen and oxygen atoms in total. The number of nitro groups is 1. The number of nitrogens with zero attached hydrogens (tertiary/aromatic N) is 2. The first-order valence-electron chi connectivity index (χ1n) is 7.27. The Kier molecular flexibility index (Phi) is 5.54. The highest BCUT2D eigenvalue weighted by atomic mass is 35.5. The van der Waals surface area contributed by atoms with Crippen LogP contribution in [0.5, 0.6) is 0 Å². The zero-order valence-corrected chi connectivity index (χ0v) is 13.4. The smallest absolute Gasteiger partial charge is 0.340 e. The van der Waals surface area contributed by atoms with Crippen LogP contribution in [0.2, 0.25) is 5.02 Å². The molecule has 0 aliphatic carbocycles. The molecule has 0 atom stereocenters. The van der Waals surface area contributed by atoms with Crippen molar-refractivity contribution in [3.05, 3.63) is 38.9 Å². The lowest BCUT2D eigenvalue weighted by Crippen LogP contribution is -2.40. The third kappa shape index (κ3) is 4.41. The number of carbonyl (C=O) groups is 2. The number of non-ortho nitro benzene ring substituents is 1. The number of likely N-dealkylation sites (tertiary alicyclic amines) is 1. The molecule has 124 valence electrons. The van der Waals surface area contributed by atoms with Crippen LogP contribution < -0.4 is 0 Å². The number of rotatable bonds is 4. The minimum atomic E-state index is -0.850. The number of nitro benzene ring substituents is 1. The van der Waals surface area contributed by atoms with E-state index < -0.39 is 17.5 Å². The molecule has 0 saturated carbocycles. The highest BCUT2D eigenvalue weighted by molar-refractivity contribution is 6.33. The molecule has 1 saturated heterocycles. The van der Waals surface area contributed by atoms with Gasteiger partial charge in [-0.15, -0.1) is 0 Å². The summed E-state index contributed by atoms with van der Waals surface area (Å²) in [6, 6.07) is 3.49. The summed E-state index contributed by atoms with van der Waals surface area (Å²) < 4.78 is 4.95. The first-order chi connectivity index (χ1) is 10.9. The van der Waals surface area contributed by atoms with E-state index in [0.29, 0.717) is 19.0 Å². The largest absolute Gasteiger partial charge is 0.452 e. The molecule has 0 spiro atoms. The molecule has 23 heavy (non-hydrogen) atoms. The van der Waals surface area contributed by atoms with Crippen molar-refractivity contribution in [2.45, 2.75) is 19.8 Å². The average Bonchev–Trinajstić information content (AvgIpc) is 2.53. The molecular formula is C15H17ClN2O5. The van der Waals surface area contributed by atoms with Crippen molar-refractivity contribution in [1.29, 1.82) is 0 Å². The fraction of sp³-hybridized carbons (Fsp3) is 0.467. The predicted octanol–water partition coefficient (Wildman–Crippen LogP) is 2.66. The molecule has 0 N–H and O–H groups in total. The maximum Gasteiger partial charge on any atom is 0.340 e. The van der Waals surface area contributed by atoms with Crippen LogP contribution in [0.1, 0.15) is 30.1 Å². The van der Waals surface area contributed by atoms with Crippen LogP contribution in [-0.2, 0) is 9.53 Å². The number of benzene rings is 1. The molecular weight excluding hydrogens is 324 g/mol. The van der Waals surface area contributed by atoms with Crippen LogP contribution in [0.3, 0.4) is 0 Å². The highest BCUT2D eigenvalue weighted by Crippen LogP contribution is 2.23. The molecule has 0 bridgehead atoms. The Morgan fingerprint density at radius 3 is 2.65 bits per heavy atom. The van der Waals surface area contributed by atoms with Gasteiger partial charge in [-0.3, -0.25) is 14.9 Å². The van der Waals surface area contributed by atoms with E-state index in [1.54, 1.807) is 4.90 Å². The van der Waals surface area contributed by atoms with Gasteiger partial charge in [-0.2, -0.15) is 0 Å². The third-order valence-electron chi connectivity index (χ3n) is 3.84. The molecule has 2 rings (SSSR count). The molecule has 1 aromatic carbocycles. The molecule has 1 aromatic rings. The lowest BCUT2D eigenvalue weighted by atomic mass is 9.99. The maximum atomic E-state index is 12.0. The van der Waals surface area contributed by atoms with E-state index in [4.69, 9.17) is 16.3 Å². The van der Waals surface area contributed by atoms with Gasteiger partial charge in [-0.25, -0.2) is 4.79 Å². The third-order valence-corrected chi connectivity index (χ3v) is 4.17. The van der Waals surface area contributed by atoms with Gasteiger partial charge in [0.1, 0.15) is 0 Å². The quantitative estimate of drug-likeness (QED) is 0.477. The van der Waals surface area contributed by atoms with Crippen molar-refractivity contribution in [2.24, 2.45) is 5.92 Å². The second-order valence-corrected chi connectivity index (χ2v) is 5.97. The fourth-order valence-corrected chi connectivity index (χ4v) is 2.53. The lowest BCUT2D eigenvalue weighted by Gasteiger charge is -2.30. The van der Waals surface area contributed by atoms with Crippen molar-refractivity contribution in [3.8, 4) is 0 Å². The monoisotopic (exact) mass is 340 g/mol. The van der Waals surface area contributed by atoms with Crippen LogP contribution in [-0.4, -0.2) is 41.4 Å². The van der Waals surface area contributed by atoms with Crippen LogP contribution in [0.25, 0.3) is 0 Å². The number of carbonyl (C=O) groups excluding carboxylic acids is 2. The van der Waals surface area contributed by atoms with Gasteiger partial charge in [0.2, 0.25) is 0 Å². The van der Waals surface area contributed by atoms with Gasteiger partial charge in [0, 0.05) is 25.2 Å². The summed E-state index contributed by atoms with van der Waals surface area (Å²) in [6.45, 7) is 3.03. The Balaban J connectivity index is 1.95. The first-order valence-corrected chi connectivity index (χ1v) is 7.65. The van der Waals surface area contributed by atoms with Crippen molar-refractivity contribution >= 4 is 29.2 Å². The van der Waals surface area contributed by atoms with Gasteiger partial charge < -0.3 is 9.64 Å². The summed E-state index contributed by atoms with van der Waals surface area (Å²) >= 11 is 5.86. The van der Waals surface area contributed by atoms with Gasteiger partial charge in [-0.1, -0.05) is 18.5 Å². The summed E-state index contributed by atoms with van der Waals surface area (Å²) in [5.74, 6) is -0.533. The van der Waals surface area contributed by atoms with Crippen LogP contribution >= 0.6 is 11.6 Å². The number of hydrogen-bond acceptors (Lipinski definition) is 5. The fourth-order valence-electron chi connectivity index (χ4n) is 2.34. The minimum Gasteiger partial charge on any atom is -0.452 e. The minimum absolute atomic E-state index is 0.0415. The summed E-state index contributed by atoms with van der Waals surface area (Å²) in [6.07, 6.45) is 1.85. The molecule has 1 aliphatic rings. The van der Waals surface area contributed by atoms with Gasteiger partial charge in [0.25, 0.3) is 11.6 Å². The van der Waals surface area contributed by atoms with Crippen LogP contribution in [0.15, 0.2) is 18.2 Å². The number of hydrogen-bond donors (Lipinski definition) is 0. The second-order valence-electron chi connectivity index (χ2n) is 5.56. The molecule has 0 unspecified atom stereocenters. The molecule has 1 fully saturated rings. The SMILES string of the molecule is CC1CCN(C(=O)COC(=O)c2cc([N+](=O)[O-])ccc2Cl)CC1. The summed E-state index contributed by atoms with van der Waals surface area (Å²) in [5, 5.41) is 10.8. The predicted molar refractivity (Wildman–Crippen MR) is 83.4 cm³/mol. The molecule has 0 aromatic heterocycles. The lowest BCUT2D eigenvalue weighted by molar-refractivity contribution is -0.384. The average molecular weight is 341 g/mol. The Morgan fingerprint density at radius 1 is 1.39 bits per heavy atom. The van der Waals surface area contributed by atoms with Gasteiger partial charge >= 0.3 is 5.97 Å².